The monoisotopic (exact) mass is 612 g/mol. The van der Waals surface area contributed by atoms with Crippen molar-refractivity contribution in [1.29, 1.82) is 0 Å². The van der Waals surface area contributed by atoms with Gasteiger partial charge in [0.2, 0.25) is 15.3 Å². The highest BCUT2D eigenvalue weighted by Crippen LogP contribution is 2.41. The zero-order valence-electron chi connectivity index (χ0n) is 20.0. The first-order chi connectivity index (χ1) is 17.2. The van der Waals surface area contributed by atoms with Gasteiger partial charge < -0.3 is 19.5 Å². The first-order valence-corrected chi connectivity index (χ1v) is 13.6. The molecule has 9 nitrogen and oxygen atoms in total. The van der Waals surface area contributed by atoms with Gasteiger partial charge in [-0.15, -0.1) is 11.8 Å². The third-order valence-corrected chi connectivity index (χ3v) is 7.67. The van der Waals surface area contributed by atoms with Crippen LogP contribution in [0.4, 0.5) is 4.79 Å². The number of nitrogens with zero attached hydrogens (tertiary/aromatic N) is 1. The van der Waals surface area contributed by atoms with Crippen LogP contribution >= 0.6 is 58.2 Å². The summed E-state index contributed by atoms with van der Waals surface area (Å²) in [5, 5.41) is 2.20. The Bertz CT molecular complexity index is 1090. The van der Waals surface area contributed by atoms with Crippen LogP contribution < -0.4 is 5.32 Å². The number of ether oxygens (including phenoxy) is 3. The normalized spacial score (nSPS) is 20.4. The molecule has 0 spiro atoms. The van der Waals surface area contributed by atoms with E-state index in [1.54, 1.807) is 20.8 Å². The molecule has 1 aromatic rings. The van der Waals surface area contributed by atoms with E-state index in [9.17, 15) is 19.2 Å². The van der Waals surface area contributed by atoms with Crippen LogP contribution in [0.5, 0.6) is 0 Å². The van der Waals surface area contributed by atoms with Crippen molar-refractivity contribution in [3.8, 4) is 0 Å². The number of fused-ring (bicyclic) bond motifs is 1. The minimum atomic E-state index is -2.08. The van der Waals surface area contributed by atoms with E-state index in [1.165, 1.54) is 16.7 Å². The Kier molecular flexibility index (Phi) is 9.56. The maximum Gasteiger partial charge on any atom is 0.510 e. The van der Waals surface area contributed by atoms with Crippen LogP contribution in [-0.4, -0.2) is 67.6 Å². The number of hydrogen-bond acceptors (Lipinski definition) is 8. The molecule has 0 saturated carbocycles. The van der Waals surface area contributed by atoms with Gasteiger partial charge in [0, 0.05) is 11.3 Å². The first kappa shape index (κ1) is 29.7. The van der Waals surface area contributed by atoms with Gasteiger partial charge in [-0.05, 0) is 26.3 Å². The smallest absolute Gasteiger partial charge is 0.455 e. The molecule has 3 rings (SSSR count). The summed E-state index contributed by atoms with van der Waals surface area (Å²) in [6, 6.07) is 8.27. The molecule has 14 heteroatoms. The Balaban J connectivity index is 1.73. The van der Waals surface area contributed by atoms with E-state index in [-0.39, 0.29) is 23.8 Å². The molecule has 1 saturated heterocycles. The van der Waals surface area contributed by atoms with Gasteiger partial charge in [-0.25, -0.2) is 9.59 Å². The van der Waals surface area contributed by atoms with E-state index in [0.717, 1.165) is 5.56 Å². The van der Waals surface area contributed by atoms with E-state index < -0.39 is 51.0 Å². The van der Waals surface area contributed by atoms with Crippen LogP contribution in [0.1, 0.15) is 26.3 Å². The van der Waals surface area contributed by atoms with E-state index in [1.807, 2.05) is 30.3 Å². The molecule has 2 amide bonds. The molecule has 2 heterocycles. The van der Waals surface area contributed by atoms with Crippen molar-refractivity contribution in [2.24, 2.45) is 0 Å². The average Bonchev–Trinajstić information content (AvgIpc) is 2.79. The lowest BCUT2D eigenvalue weighted by Gasteiger charge is -2.49. The summed E-state index contributed by atoms with van der Waals surface area (Å²) in [4.78, 5) is 51.9. The number of carbonyl (C=O) groups excluding carboxylic acids is 4. The average molecular weight is 614 g/mol. The third kappa shape index (κ3) is 7.83. The van der Waals surface area contributed by atoms with Crippen LogP contribution in [0.25, 0.3) is 0 Å². The van der Waals surface area contributed by atoms with E-state index in [4.69, 9.17) is 60.6 Å². The molecule has 1 N–H and O–H groups in total. The van der Waals surface area contributed by atoms with E-state index >= 15 is 0 Å². The second kappa shape index (κ2) is 11.9. The van der Waals surface area contributed by atoms with E-state index in [2.05, 4.69) is 5.32 Å². The van der Waals surface area contributed by atoms with Gasteiger partial charge in [-0.2, -0.15) is 0 Å². The highest BCUT2D eigenvalue weighted by Gasteiger charge is 2.54. The summed E-state index contributed by atoms with van der Waals surface area (Å²) in [5.74, 6) is -1.38. The number of alkyl halides is 4. The van der Waals surface area contributed by atoms with Gasteiger partial charge >= 0.3 is 12.1 Å². The SMILES string of the molecule is CC(C)(C)OC(=O)C1=C(COC(=O)OC(Cl)C(Cl)(Cl)Cl)CS[C@@H]2[C@H](NC(=O)Cc3ccccc3)C(=O)N12. The maximum atomic E-state index is 13.1. The molecule has 1 unspecified atom stereocenters. The summed E-state index contributed by atoms with van der Waals surface area (Å²) in [5.41, 5.74) is -1.44. The number of carbonyl (C=O) groups is 4. The van der Waals surface area contributed by atoms with Crippen molar-refractivity contribution in [3.05, 3.63) is 47.2 Å². The molecule has 37 heavy (non-hydrogen) atoms. The standard InChI is InChI=1S/C23H24Cl4N2O7S/c1-22(2,3)36-19(32)16-13(10-34-21(33)35-20(24)23(25,26)27)11-37-18-15(17(31)29(16)18)28-14(30)9-12-7-5-4-6-8-12/h4-8,15,18,20H,9-11H2,1-3H3,(H,28,30)/t15-,18-,20?/m1/s1. The number of nitrogens with one attached hydrogen (secondary N) is 1. The van der Waals surface area contributed by atoms with Crippen LogP contribution in [0.3, 0.4) is 0 Å². The molecule has 0 aromatic heterocycles. The fourth-order valence-electron chi connectivity index (χ4n) is 3.45. The van der Waals surface area contributed by atoms with Crippen LogP contribution in [0, 0.1) is 0 Å². The molecular weight excluding hydrogens is 590 g/mol. The van der Waals surface area contributed by atoms with Crippen molar-refractivity contribution in [2.45, 2.75) is 53.6 Å². The highest BCUT2D eigenvalue weighted by molar-refractivity contribution is 8.00. The molecule has 202 valence electrons. The number of hydrogen-bond donors (Lipinski definition) is 1. The largest absolute Gasteiger partial charge is 0.510 e. The summed E-state index contributed by atoms with van der Waals surface area (Å²) in [6.07, 6.45) is -1.14. The fraction of sp³-hybridized carbons (Fsp3) is 0.478. The number of benzene rings is 1. The lowest BCUT2D eigenvalue weighted by Crippen LogP contribution is -2.71. The van der Waals surface area contributed by atoms with Gasteiger partial charge in [-0.1, -0.05) is 76.7 Å². The number of β-lactam (4-membered cyclic amide) rings is 1. The zero-order chi connectivity index (χ0) is 27.5. The topological polar surface area (TPSA) is 111 Å². The Morgan fingerprint density at radius 3 is 2.41 bits per heavy atom. The second-order valence-electron chi connectivity index (χ2n) is 9.09. The molecule has 1 fully saturated rings. The van der Waals surface area contributed by atoms with Gasteiger partial charge in [0.25, 0.3) is 5.91 Å². The summed E-state index contributed by atoms with van der Waals surface area (Å²) in [7, 11) is 0. The van der Waals surface area contributed by atoms with Crippen LogP contribution in [-0.2, 0) is 35.0 Å². The predicted octanol–water partition coefficient (Wildman–Crippen LogP) is 4.31. The molecule has 0 aliphatic carbocycles. The Morgan fingerprint density at radius 1 is 1.16 bits per heavy atom. The van der Waals surface area contributed by atoms with Crippen LogP contribution in [0.2, 0.25) is 0 Å². The van der Waals surface area contributed by atoms with Gasteiger partial charge in [0.05, 0.1) is 6.42 Å². The minimum absolute atomic E-state index is 0.0613. The molecule has 2 aliphatic rings. The van der Waals surface area contributed by atoms with Crippen molar-refractivity contribution in [2.75, 3.05) is 12.4 Å². The summed E-state index contributed by atoms with van der Waals surface area (Å²) < 4.78 is 13.2. The molecular formula is C23H24Cl4N2O7S. The quantitative estimate of drug-likeness (QED) is 0.275. The molecule has 1 aromatic carbocycles. The zero-order valence-corrected chi connectivity index (χ0v) is 23.8. The lowest BCUT2D eigenvalue weighted by molar-refractivity contribution is -0.159. The fourth-order valence-corrected chi connectivity index (χ4v) is 4.98. The Labute approximate surface area is 238 Å². The maximum absolute atomic E-state index is 13.1. The lowest BCUT2D eigenvalue weighted by atomic mass is 10.0. The van der Waals surface area contributed by atoms with Crippen molar-refractivity contribution < 1.29 is 33.4 Å². The minimum Gasteiger partial charge on any atom is -0.455 e. The Hall–Kier alpha value is -1.85. The Morgan fingerprint density at radius 2 is 1.81 bits per heavy atom. The van der Waals surface area contributed by atoms with Gasteiger partial charge in [0.1, 0.15) is 29.3 Å². The number of amides is 2. The predicted molar refractivity (Wildman–Crippen MR) is 140 cm³/mol. The highest BCUT2D eigenvalue weighted by atomic mass is 35.6. The summed E-state index contributed by atoms with van der Waals surface area (Å²) in [6.45, 7) is 4.62. The number of esters is 1. The number of rotatable bonds is 7. The van der Waals surface area contributed by atoms with Gasteiger partial charge in [0.15, 0.2) is 0 Å². The second-order valence-corrected chi connectivity index (χ2v) is 13.0. The number of halogens is 4. The molecule has 0 bridgehead atoms. The molecule has 2 aliphatic heterocycles. The first-order valence-electron chi connectivity index (χ1n) is 10.9. The van der Waals surface area contributed by atoms with Crippen molar-refractivity contribution >= 4 is 82.1 Å². The third-order valence-electron chi connectivity index (χ3n) is 4.98. The van der Waals surface area contributed by atoms with Crippen molar-refractivity contribution in [3.63, 3.8) is 0 Å². The van der Waals surface area contributed by atoms with Crippen LogP contribution in [0.15, 0.2) is 41.6 Å². The molecule has 0 radical (unpaired) electrons. The number of thioether (sulfide) groups is 1. The van der Waals surface area contributed by atoms with Crippen molar-refractivity contribution in [1.82, 2.24) is 10.2 Å². The van der Waals surface area contributed by atoms with Gasteiger partial charge in [-0.3, -0.25) is 14.5 Å². The molecule has 3 atom stereocenters. The summed E-state index contributed by atoms with van der Waals surface area (Å²) >= 11 is 23.7. The van der Waals surface area contributed by atoms with E-state index in [0.29, 0.717) is 5.57 Å².